The first-order valence-electron chi connectivity index (χ1n) is 4.85. The predicted octanol–water partition coefficient (Wildman–Crippen LogP) is 0.564. The van der Waals surface area contributed by atoms with Crippen molar-refractivity contribution in [2.75, 3.05) is 0 Å². The van der Waals surface area contributed by atoms with Crippen molar-refractivity contribution in [1.82, 2.24) is 4.98 Å². The molecule has 0 bridgehead atoms. The van der Waals surface area contributed by atoms with Crippen LogP contribution in [0.3, 0.4) is 0 Å². The SMILES string of the molecule is Bc1cccc(C(O)CCCC)n1. The fraction of sp³-hybridized carbons (Fsp3) is 0.500. The number of nitrogens with zero attached hydrogens (tertiary/aromatic N) is 1. The molecule has 1 atom stereocenters. The summed E-state index contributed by atoms with van der Waals surface area (Å²) in [5.41, 5.74) is 1.77. The number of aliphatic hydroxyl groups is 1. The number of unbranched alkanes of at least 4 members (excludes halogenated alkanes) is 1. The summed E-state index contributed by atoms with van der Waals surface area (Å²) in [6.45, 7) is 2.12. The number of aromatic nitrogens is 1. The number of pyridine rings is 1. The smallest absolute Gasteiger partial charge is 0.163 e. The molecule has 0 aliphatic heterocycles. The van der Waals surface area contributed by atoms with Crippen LogP contribution in [0.15, 0.2) is 18.2 Å². The van der Waals surface area contributed by atoms with Crippen molar-refractivity contribution in [3.05, 3.63) is 23.9 Å². The van der Waals surface area contributed by atoms with Gasteiger partial charge in [0.2, 0.25) is 0 Å². The summed E-state index contributed by atoms with van der Waals surface area (Å²) in [7, 11) is 1.94. The van der Waals surface area contributed by atoms with Crippen molar-refractivity contribution in [1.29, 1.82) is 0 Å². The van der Waals surface area contributed by atoms with Crippen molar-refractivity contribution in [2.24, 2.45) is 0 Å². The first-order chi connectivity index (χ1) is 6.24. The Morgan fingerprint density at radius 2 is 2.31 bits per heavy atom. The second-order valence-electron chi connectivity index (χ2n) is 3.36. The van der Waals surface area contributed by atoms with Gasteiger partial charge in [-0.2, -0.15) is 0 Å². The maximum absolute atomic E-state index is 9.71. The van der Waals surface area contributed by atoms with Gasteiger partial charge in [-0.05, 0) is 18.1 Å². The van der Waals surface area contributed by atoms with Crippen molar-refractivity contribution in [2.45, 2.75) is 32.3 Å². The van der Waals surface area contributed by atoms with Crippen LogP contribution in [0.5, 0.6) is 0 Å². The summed E-state index contributed by atoms with van der Waals surface area (Å²) in [5, 5.41) is 9.71. The van der Waals surface area contributed by atoms with Crippen LogP contribution in [0.2, 0.25) is 0 Å². The van der Waals surface area contributed by atoms with Crippen molar-refractivity contribution in [3.63, 3.8) is 0 Å². The van der Waals surface area contributed by atoms with E-state index in [0.29, 0.717) is 0 Å². The summed E-state index contributed by atoms with van der Waals surface area (Å²) in [4.78, 5) is 4.28. The maximum atomic E-state index is 9.71. The molecular weight excluding hydrogens is 161 g/mol. The van der Waals surface area contributed by atoms with Gasteiger partial charge in [0.15, 0.2) is 7.85 Å². The minimum atomic E-state index is -0.389. The minimum Gasteiger partial charge on any atom is -0.387 e. The highest BCUT2D eigenvalue weighted by molar-refractivity contribution is 6.30. The minimum absolute atomic E-state index is 0.389. The lowest BCUT2D eigenvalue weighted by molar-refractivity contribution is 0.160. The van der Waals surface area contributed by atoms with Gasteiger partial charge in [0, 0.05) is 0 Å². The fourth-order valence-corrected chi connectivity index (χ4v) is 1.30. The molecule has 0 amide bonds. The van der Waals surface area contributed by atoms with E-state index in [4.69, 9.17) is 0 Å². The Bertz CT molecular complexity index is 265. The average Bonchev–Trinajstić information content (AvgIpc) is 2.14. The zero-order valence-electron chi connectivity index (χ0n) is 8.33. The fourth-order valence-electron chi connectivity index (χ4n) is 1.30. The molecule has 1 heterocycles. The Balaban J connectivity index is 2.60. The van der Waals surface area contributed by atoms with E-state index in [0.717, 1.165) is 30.5 Å². The lowest BCUT2D eigenvalue weighted by Crippen LogP contribution is -2.12. The molecule has 0 spiro atoms. The molecule has 1 aromatic heterocycles. The third-order valence-corrected chi connectivity index (χ3v) is 2.08. The average molecular weight is 177 g/mol. The Labute approximate surface area is 80.4 Å². The molecule has 2 nitrogen and oxygen atoms in total. The Hall–Kier alpha value is -0.825. The van der Waals surface area contributed by atoms with E-state index in [1.165, 1.54) is 0 Å². The highest BCUT2D eigenvalue weighted by Crippen LogP contribution is 2.15. The molecule has 1 N–H and O–H groups in total. The van der Waals surface area contributed by atoms with Crippen molar-refractivity contribution in [3.8, 4) is 0 Å². The maximum Gasteiger partial charge on any atom is 0.163 e. The molecule has 0 aromatic carbocycles. The molecule has 0 aliphatic rings. The van der Waals surface area contributed by atoms with Gasteiger partial charge in [-0.15, -0.1) is 0 Å². The molecular formula is C10H16BNO. The molecule has 3 heteroatoms. The zero-order chi connectivity index (χ0) is 9.68. The zero-order valence-corrected chi connectivity index (χ0v) is 8.33. The highest BCUT2D eigenvalue weighted by atomic mass is 16.3. The monoisotopic (exact) mass is 177 g/mol. The Morgan fingerprint density at radius 1 is 1.54 bits per heavy atom. The van der Waals surface area contributed by atoms with E-state index >= 15 is 0 Å². The van der Waals surface area contributed by atoms with Crippen LogP contribution in [0.25, 0.3) is 0 Å². The number of hydrogen-bond donors (Lipinski definition) is 1. The molecule has 0 aliphatic carbocycles. The quantitative estimate of drug-likeness (QED) is 0.681. The van der Waals surface area contributed by atoms with Gasteiger partial charge in [-0.1, -0.05) is 31.9 Å². The van der Waals surface area contributed by atoms with Crippen LogP contribution in [0.1, 0.15) is 38.0 Å². The largest absolute Gasteiger partial charge is 0.387 e. The van der Waals surface area contributed by atoms with Gasteiger partial charge < -0.3 is 5.11 Å². The lowest BCUT2D eigenvalue weighted by atomic mass is 10.0. The standard InChI is InChI=1S/C10H16BNO/c1-2-3-6-9(13)8-5-4-7-10(11)12-8/h4-5,7,9,13H,2-3,6,11H2,1H3. The highest BCUT2D eigenvalue weighted by Gasteiger charge is 2.07. The summed E-state index contributed by atoms with van der Waals surface area (Å²) in [5.74, 6) is 0. The second-order valence-corrected chi connectivity index (χ2v) is 3.36. The second kappa shape index (κ2) is 5.02. The molecule has 13 heavy (non-hydrogen) atoms. The van der Waals surface area contributed by atoms with Gasteiger partial charge in [-0.3, -0.25) is 4.98 Å². The summed E-state index contributed by atoms with van der Waals surface area (Å²) < 4.78 is 0. The van der Waals surface area contributed by atoms with Crippen LogP contribution < -0.4 is 5.59 Å². The lowest BCUT2D eigenvalue weighted by Gasteiger charge is -2.09. The van der Waals surface area contributed by atoms with Gasteiger partial charge in [0.1, 0.15) is 0 Å². The van der Waals surface area contributed by atoms with Crippen LogP contribution in [0.4, 0.5) is 0 Å². The van der Waals surface area contributed by atoms with E-state index < -0.39 is 0 Å². The van der Waals surface area contributed by atoms with Crippen LogP contribution in [-0.4, -0.2) is 17.9 Å². The first kappa shape index (κ1) is 10.3. The Morgan fingerprint density at radius 3 is 2.92 bits per heavy atom. The van der Waals surface area contributed by atoms with E-state index in [2.05, 4.69) is 11.9 Å². The van der Waals surface area contributed by atoms with Gasteiger partial charge in [-0.25, -0.2) is 0 Å². The van der Waals surface area contributed by atoms with E-state index in [9.17, 15) is 5.11 Å². The summed E-state index contributed by atoms with van der Waals surface area (Å²) >= 11 is 0. The topological polar surface area (TPSA) is 33.1 Å². The third kappa shape index (κ3) is 3.19. The van der Waals surface area contributed by atoms with E-state index in [-0.39, 0.29) is 6.10 Å². The summed E-state index contributed by atoms with van der Waals surface area (Å²) in [6, 6.07) is 5.76. The summed E-state index contributed by atoms with van der Waals surface area (Å²) in [6.07, 6.45) is 2.59. The third-order valence-electron chi connectivity index (χ3n) is 2.08. The first-order valence-corrected chi connectivity index (χ1v) is 4.85. The predicted molar refractivity (Wildman–Crippen MR) is 56.9 cm³/mol. The molecule has 0 saturated carbocycles. The molecule has 1 unspecified atom stereocenters. The van der Waals surface area contributed by atoms with Crippen LogP contribution in [0, 0.1) is 0 Å². The molecule has 0 radical (unpaired) electrons. The van der Waals surface area contributed by atoms with Crippen molar-refractivity contribution < 1.29 is 5.11 Å². The molecule has 0 saturated heterocycles. The van der Waals surface area contributed by atoms with Crippen molar-refractivity contribution >= 4 is 13.4 Å². The molecule has 70 valence electrons. The molecule has 1 aromatic rings. The van der Waals surface area contributed by atoms with Crippen LogP contribution in [-0.2, 0) is 0 Å². The Kier molecular flexibility index (Phi) is 3.96. The number of aliphatic hydroxyl groups excluding tert-OH is 1. The number of rotatable bonds is 4. The molecule has 0 fully saturated rings. The van der Waals surface area contributed by atoms with Gasteiger partial charge in [0.05, 0.1) is 11.8 Å². The van der Waals surface area contributed by atoms with Gasteiger partial charge >= 0.3 is 0 Å². The number of hydrogen-bond acceptors (Lipinski definition) is 2. The normalized spacial score (nSPS) is 12.8. The molecule has 1 rings (SSSR count). The van der Waals surface area contributed by atoms with E-state index in [1.54, 1.807) is 0 Å². The van der Waals surface area contributed by atoms with Gasteiger partial charge in [0.25, 0.3) is 0 Å². The van der Waals surface area contributed by atoms with E-state index in [1.807, 2.05) is 26.0 Å². The van der Waals surface area contributed by atoms with Crippen LogP contribution >= 0.6 is 0 Å².